The summed E-state index contributed by atoms with van der Waals surface area (Å²) in [6.07, 6.45) is 2.21. The van der Waals surface area contributed by atoms with Gasteiger partial charge in [0.05, 0.1) is 0 Å². The van der Waals surface area contributed by atoms with E-state index < -0.39 is 0 Å². The molecule has 2 aromatic rings. The van der Waals surface area contributed by atoms with Gasteiger partial charge in [0.1, 0.15) is 5.82 Å². The van der Waals surface area contributed by atoms with Crippen molar-refractivity contribution in [2.45, 2.75) is 56.5 Å². The van der Waals surface area contributed by atoms with Crippen LogP contribution in [0.2, 0.25) is 0 Å². The molecule has 2 fully saturated rings. The van der Waals surface area contributed by atoms with E-state index in [4.69, 9.17) is 9.97 Å². The lowest BCUT2D eigenvalue weighted by Crippen LogP contribution is -2.46. The first kappa shape index (κ1) is 22.1. The highest BCUT2D eigenvalue weighted by Gasteiger charge is 2.23. The van der Waals surface area contributed by atoms with Crippen LogP contribution in [-0.4, -0.2) is 59.5 Å². The Morgan fingerprint density at radius 3 is 2.45 bits per heavy atom. The molecule has 1 N–H and O–H groups in total. The van der Waals surface area contributed by atoms with Crippen molar-refractivity contribution in [3.05, 3.63) is 47.2 Å². The smallest absolute Gasteiger partial charge is 0.251 e. The summed E-state index contributed by atoms with van der Waals surface area (Å²) in [5.74, 6) is 2.23. The molecule has 0 bridgehead atoms. The van der Waals surface area contributed by atoms with Crippen LogP contribution in [0.5, 0.6) is 0 Å². The number of carbonyl (C=O) groups excluding carboxylic acids is 1. The maximum absolute atomic E-state index is 12.2. The number of anilines is 1. The van der Waals surface area contributed by atoms with E-state index in [-0.39, 0.29) is 5.91 Å². The second kappa shape index (κ2) is 10.0. The zero-order valence-corrected chi connectivity index (χ0v) is 19.6. The van der Waals surface area contributed by atoms with Crippen LogP contribution in [0, 0.1) is 0 Å². The standard InChI is InChI=1S/C24H33N5OS/c1-4-28-11-13-29(14-12-28)22-15-21(17(2)3)26-24(27-22)31-16-18-5-7-19(8-6-18)23(30)25-20-9-10-20/h5-8,15,17,20H,4,9-14,16H2,1-3H3,(H,25,30). The van der Waals surface area contributed by atoms with Gasteiger partial charge < -0.3 is 15.1 Å². The van der Waals surface area contributed by atoms with Crippen LogP contribution < -0.4 is 10.2 Å². The molecule has 1 aromatic carbocycles. The van der Waals surface area contributed by atoms with Crippen LogP contribution in [0.4, 0.5) is 5.82 Å². The minimum absolute atomic E-state index is 0.0301. The maximum Gasteiger partial charge on any atom is 0.251 e. The topological polar surface area (TPSA) is 61.4 Å². The van der Waals surface area contributed by atoms with Gasteiger partial charge >= 0.3 is 0 Å². The van der Waals surface area contributed by atoms with Crippen molar-refractivity contribution in [3.63, 3.8) is 0 Å². The predicted octanol–water partition coefficient (Wildman–Crippen LogP) is 3.93. The van der Waals surface area contributed by atoms with E-state index in [2.05, 4.69) is 42.0 Å². The Kier molecular flexibility index (Phi) is 7.13. The Morgan fingerprint density at radius 2 is 1.84 bits per heavy atom. The number of rotatable bonds is 8. The van der Waals surface area contributed by atoms with Crippen LogP contribution in [-0.2, 0) is 5.75 Å². The Balaban J connectivity index is 1.41. The van der Waals surface area contributed by atoms with Gasteiger partial charge in [-0.2, -0.15) is 0 Å². The normalized spacial score (nSPS) is 17.2. The summed E-state index contributed by atoms with van der Waals surface area (Å²) in [6, 6.07) is 10.4. The molecular formula is C24H33N5OS. The summed E-state index contributed by atoms with van der Waals surface area (Å²) >= 11 is 1.66. The fourth-order valence-electron chi connectivity index (χ4n) is 3.64. The first-order valence-corrected chi connectivity index (χ1v) is 12.4. The molecule has 31 heavy (non-hydrogen) atoms. The third-order valence-electron chi connectivity index (χ3n) is 5.94. The van der Waals surface area contributed by atoms with E-state index in [1.807, 2.05) is 24.3 Å². The number of hydrogen-bond donors (Lipinski definition) is 1. The second-order valence-electron chi connectivity index (χ2n) is 8.74. The van der Waals surface area contributed by atoms with Crippen molar-refractivity contribution < 1.29 is 4.79 Å². The zero-order valence-electron chi connectivity index (χ0n) is 18.8. The summed E-state index contributed by atoms with van der Waals surface area (Å²) in [7, 11) is 0. The van der Waals surface area contributed by atoms with E-state index >= 15 is 0 Å². The van der Waals surface area contributed by atoms with Crippen molar-refractivity contribution in [2.24, 2.45) is 0 Å². The highest BCUT2D eigenvalue weighted by atomic mass is 32.2. The quantitative estimate of drug-likeness (QED) is 0.497. The van der Waals surface area contributed by atoms with E-state index in [1.54, 1.807) is 11.8 Å². The maximum atomic E-state index is 12.2. The number of likely N-dealkylation sites (N-methyl/N-ethyl adjacent to an activating group) is 1. The van der Waals surface area contributed by atoms with Crippen LogP contribution >= 0.6 is 11.8 Å². The molecule has 6 nitrogen and oxygen atoms in total. The minimum Gasteiger partial charge on any atom is -0.354 e. The molecule has 2 aliphatic rings. The molecule has 1 aliphatic carbocycles. The lowest BCUT2D eigenvalue weighted by molar-refractivity contribution is 0.0951. The molecule has 2 heterocycles. The number of amides is 1. The number of hydrogen-bond acceptors (Lipinski definition) is 6. The Labute approximate surface area is 189 Å². The van der Waals surface area contributed by atoms with Gasteiger partial charge in [-0.15, -0.1) is 0 Å². The zero-order chi connectivity index (χ0) is 21.8. The summed E-state index contributed by atoms with van der Waals surface area (Å²) in [6.45, 7) is 11.9. The highest BCUT2D eigenvalue weighted by molar-refractivity contribution is 7.98. The average Bonchev–Trinajstić information content (AvgIpc) is 3.62. The third kappa shape index (κ3) is 5.98. The molecule has 1 aliphatic heterocycles. The number of thioether (sulfide) groups is 1. The fourth-order valence-corrected chi connectivity index (χ4v) is 4.46. The van der Waals surface area contributed by atoms with Crippen molar-refractivity contribution in [1.29, 1.82) is 0 Å². The Hall–Kier alpha value is -2.12. The van der Waals surface area contributed by atoms with Gasteiger partial charge in [-0.3, -0.25) is 4.79 Å². The van der Waals surface area contributed by atoms with Crippen LogP contribution in [0.1, 0.15) is 61.1 Å². The van der Waals surface area contributed by atoms with Crippen LogP contribution in [0.25, 0.3) is 0 Å². The van der Waals surface area contributed by atoms with Gasteiger partial charge in [0.2, 0.25) is 0 Å². The van der Waals surface area contributed by atoms with Crippen molar-refractivity contribution in [2.75, 3.05) is 37.6 Å². The molecule has 166 valence electrons. The minimum atomic E-state index is 0.0301. The predicted molar refractivity (Wildman–Crippen MR) is 127 cm³/mol. The summed E-state index contributed by atoms with van der Waals surface area (Å²) < 4.78 is 0. The average molecular weight is 440 g/mol. The van der Waals surface area contributed by atoms with Gasteiger partial charge in [0.25, 0.3) is 5.91 Å². The SMILES string of the molecule is CCN1CCN(c2cc(C(C)C)nc(SCc3ccc(C(=O)NC4CC4)cc3)n2)CC1. The van der Waals surface area contributed by atoms with Crippen LogP contribution in [0.3, 0.4) is 0 Å². The van der Waals surface area contributed by atoms with E-state index in [9.17, 15) is 4.79 Å². The number of piperazine rings is 1. The molecule has 0 radical (unpaired) electrons. The third-order valence-corrected chi connectivity index (χ3v) is 6.86. The summed E-state index contributed by atoms with van der Waals surface area (Å²) in [5, 5.41) is 3.86. The van der Waals surface area contributed by atoms with Gasteiger partial charge in [-0.25, -0.2) is 9.97 Å². The molecular weight excluding hydrogens is 406 g/mol. The molecule has 4 rings (SSSR count). The number of benzene rings is 1. The van der Waals surface area contributed by atoms with Crippen molar-refractivity contribution >= 4 is 23.5 Å². The number of nitrogens with one attached hydrogen (secondary N) is 1. The number of nitrogens with zero attached hydrogens (tertiary/aromatic N) is 4. The lowest BCUT2D eigenvalue weighted by Gasteiger charge is -2.35. The number of carbonyl (C=O) groups is 1. The first-order chi connectivity index (χ1) is 15.0. The summed E-state index contributed by atoms with van der Waals surface area (Å²) in [4.78, 5) is 26.7. The van der Waals surface area contributed by atoms with Gasteiger partial charge in [0, 0.05) is 55.3 Å². The van der Waals surface area contributed by atoms with Crippen molar-refractivity contribution in [3.8, 4) is 0 Å². The van der Waals surface area contributed by atoms with Gasteiger partial charge in [-0.1, -0.05) is 44.7 Å². The van der Waals surface area contributed by atoms with E-state index in [1.165, 1.54) is 5.56 Å². The highest BCUT2D eigenvalue weighted by Crippen LogP contribution is 2.26. The Bertz CT molecular complexity index is 889. The van der Waals surface area contributed by atoms with Crippen molar-refractivity contribution in [1.82, 2.24) is 20.2 Å². The van der Waals surface area contributed by atoms with Crippen LogP contribution in [0.15, 0.2) is 35.5 Å². The molecule has 1 amide bonds. The first-order valence-electron chi connectivity index (χ1n) is 11.4. The number of aromatic nitrogens is 2. The molecule has 0 spiro atoms. The van der Waals surface area contributed by atoms with E-state index in [0.29, 0.717) is 12.0 Å². The Morgan fingerprint density at radius 1 is 1.13 bits per heavy atom. The second-order valence-corrected chi connectivity index (χ2v) is 9.69. The van der Waals surface area contributed by atoms with Gasteiger partial charge in [-0.05, 0) is 43.0 Å². The molecule has 1 saturated heterocycles. The summed E-state index contributed by atoms with van der Waals surface area (Å²) in [5.41, 5.74) is 2.99. The molecule has 1 aromatic heterocycles. The lowest BCUT2D eigenvalue weighted by atomic mass is 10.1. The fraction of sp³-hybridized carbons (Fsp3) is 0.542. The molecule has 0 atom stereocenters. The largest absolute Gasteiger partial charge is 0.354 e. The molecule has 1 saturated carbocycles. The molecule has 7 heteroatoms. The van der Waals surface area contributed by atoms with Gasteiger partial charge in [0.15, 0.2) is 5.16 Å². The van der Waals surface area contributed by atoms with E-state index in [0.717, 1.165) is 73.5 Å². The monoisotopic (exact) mass is 439 g/mol. The molecule has 0 unspecified atom stereocenters.